The van der Waals surface area contributed by atoms with E-state index in [0.717, 1.165) is 26.1 Å². The first kappa shape index (κ1) is 18.0. The van der Waals surface area contributed by atoms with Crippen molar-refractivity contribution in [1.29, 1.82) is 0 Å². The van der Waals surface area contributed by atoms with Gasteiger partial charge in [0.05, 0.1) is 12.6 Å². The van der Waals surface area contributed by atoms with Crippen LogP contribution in [0.5, 0.6) is 0 Å². The maximum atomic E-state index is 12.4. The Morgan fingerprint density at radius 2 is 2.10 bits per heavy atom. The van der Waals surface area contributed by atoms with Gasteiger partial charge in [0.15, 0.2) is 0 Å². The van der Waals surface area contributed by atoms with Gasteiger partial charge in [0.2, 0.25) is 5.91 Å². The Kier molecular flexibility index (Phi) is 7.15. The topological polar surface area (TPSA) is 49.6 Å². The number of likely N-dealkylation sites (N-methyl/N-ethyl adjacent to an activating group) is 1. The smallest absolute Gasteiger partial charge is 0.236 e. The molecule has 0 spiro atoms. The number of benzene rings is 1. The van der Waals surface area contributed by atoms with Crippen LogP contribution in [-0.2, 0) is 4.79 Å². The maximum absolute atomic E-state index is 12.4. The van der Waals surface area contributed by atoms with E-state index >= 15 is 0 Å². The lowest BCUT2D eigenvalue weighted by Crippen LogP contribution is -2.38. The zero-order chi connectivity index (χ0) is 14.5. The molecule has 1 aromatic carbocycles. The first-order valence-corrected chi connectivity index (χ1v) is 7.35. The number of rotatable bonds is 5. The van der Waals surface area contributed by atoms with Crippen molar-refractivity contribution in [2.24, 2.45) is 11.7 Å². The van der Waals surface area contributed by atoms with Gasteiger partial charge in [0.25, 0.3) is 0 Å². The highest BCUT2D eigenvalue weighted by atomic mass is 35.5. The van der Waals surface area contributed by atoms with Crippen LogP contribution in [0.3, 0.4) is 0 Å². The fourth-order valence-electron chi connectivity index (χ4n) is 2.72. The molecule has 1 aliphatic heterocycles. The molecular formula is C16H26ClN3O. The third kappa shape index (κ3) is 4.70. The minimum atomic E-state index is 0. The lowest BCUT2D eigenvalue weighted by atomic mass is 10.1. The van der Waals surface area contributed by atoms with E-state index in [-0.39, 0.29) is 24.4 Å². The molecular weight excluding hydrogens is 286 g/mol. The SMILES string of the molecule is CC(c1ccccc1)N(C)C(=O)CN1CCC(CN)C1.Cl. The van der Waals surface area contributed by atoms with Crippen molar-refractivity contribution in [3.05, 3.63) is 35.9 Å². The van der Waals surface area contributed by atoms with E-state index in [4.69, 9.17) is 5.73 Å². The van der Waals surface area contributed by atoms with E-state index in [0.29, 0.717) is 12.5 Å². The summed E-state index contributed by atoms with van der Waals surface area (Å²) >= 11 is 0. The Balaban J connectivity index is 0.00000220. The summed E-state index contributed by atoms with van der Waals surface area (Å²) in [6, 6.07) is 10.3. The molecule has 0 aliphatic carbocycles. The quantitative estimate of drug-likeness (QED) is 0.903. The summed E-state index contributed by atoms with van der Waals surface area (Å²) in [5.74, 6) is 0.735. The lowest BCUT2D eigenvalue weighted by molar-refractivity contribution is -0.132. The average molecular weight is 312 g/mol. The van der Waals surface area contributed by atoms with E-state index in [1.165, 1.54) is 5.56 Å². The predicted octanol–water partition coefficient (Wildman–Crippen LogP) is 1.91. The number of hydrogen-bond donors (Lipinski definition) is 1. The molecule has 0 bridgehead atoms. The summed E-state index contributed by atoms with van der Waals surface area (Å²) in [4.78, 5) is 16.4. The van der Waals surface area contributed by atoms with E-state index < -0.39 is 0 Å². The first-order valence-electron chi connectivity index (χ1n) is 7.35. The van der Waals surface area contributed by atoms with E-state index in [9.17, 15) is 4.79 Å². The summed E-state index contributed by atoms with van der Waals surface area (Å²) in [5.41, 5.74) is 6.86. The molecule has 1 saturated heterocycles. The third-order valence-corrected chi connectivity index (χ3v) is 4.32. The number of likely N-dealkylation sites (tertiary alicyclic amines) is 1. The lowest BCUT2D eigenvalue weighted by Gasteiger charge is -2.27. The standard InChI is InChI=1S/C16H25N3O.ClH/c1-13(15-6-4-3-5-7-15)18(2)16(20)12-19-9-8-14(10-17)11-19;/h3-7,13-14H,8-12,17H2,1-2H3;1H. The predicted molar refractivity (Wildman–Crippen MR) is 88.5 cm³/mol. The van der Waals surface area contributed by atoms with Crippen molar-refractivity contribution in [2.75, 3.05) is 33.2 Å². The molecule has 118 valence electrons. The first-order chi connectivity index (χ1) is 9.61. The molecule has 1 fully saturated rings. The van der Waals surface area contributed by atoms with Gasteiger partial charge in [-0.15, -0.1) is 12.4 Å². The zero-order valence-corrected chi connectivity index (χ0v) is 13.7. The number of hydrogen-bond acceptors (Lipinski definition) is 3. The van der Waals surface area contributed by atoms with E-state index in [2.05, 4.69) is 24.0 Å². The number of carbonyl (C=O) groups is 1. The fourth-order valence-corrected chi connectivity index (χ4v) is 2.72. The number of nitrogens with zero attached hydrogens (tertiary/aromatic N) is 2. The fraction of sp³-hybridized carbons (Fsp3) is 0.562. The highest BCUT2D eigenvalue weighted by Crippen LogP contribution is 2.19. The molecule has 4 nitrogen and oxygen atoms in total. The number of halogens is 1. The Labute approximate surface area is 133 Å². The van der Waals surface area contributed by atoms with E-state index in [1.807, 2.05) is 30.1 Å². The summed E-state index contributed by atoms with van der Waals surface area (Å²) in [6.45, 7) is 5.24. The minimum Gasteiger partial charge on any atom is -0.338 e. The van der Waals surface area contributed by atoms with Gasteiger partial charge in [-0.1, -0.05) is 30.3 Å². The zero-order valence-electron chi connectivity index (χ0n) is 12.9. The summed E-state index contributed by atoms with van der Waals surface area (Å²) < 4.78 is 0. The van der Waals surface area contributed by atoms with Gasteiger partial charge >= 0.3 is 0 Å². The largest absolute Gasteiger partial charge is 0.338 e. The van der Waals surface area contributed by atoms with Crippen molar-refractivity contribution in [2.45, 2.75) is 19.4 Å². The molecule has 2 N–H and O–H groups in total. The Morgan fingerprint density at radius 3 is 2.67 bits per heavy atom. The molecule has 21 heavy (non-hydrogen) atoms. The van der Waals surface area contributed by atoms with Crippen molar-refractivity contribution < 1.29 is 4.79 Å². The second-order valence-electron chi connectivity index (χ2n) is 5.72. The van der Waals surface area contributed by atoms with Crippen LogP contribution in [0.4, 0.5) is 0 Å². The third-order valence-electron chi connectivity index (χ3n) is 4.32. The van der Waals surface area contributed by atoms with Crippen LogP contribution < -0.4 is 5.73 Å². The monoisotopic (exact) mass is 311 g/mol. The number of carbonyl (C=O) groups excluding carboxylic acids is 1. The Hall–Kier alpha value is -1.10. The van der Waals surface area contributed by atoms with Crippen LogP contribution in [0.15, 0.2) is 30.3 Å². The summed E-state index contributed by atoms with van der Waals surface area (Å²) in [5, 5.41) is 0. The summed E-state index contributed by atoms with van der Waals surface area (Å²) in [6.07, 6.45) is 1.11. The van der Waals surface area contributed by atoms with Crippen LogP contribution >= 0.6 is 12.4 Å². The molecule has 5 heteroatoms. The van der Waals surface area contributed by atoms with Gasteiger partial charge in [-0.3, -0.25) is 9.69 Å². The van der Waals surface area contributed by atoms with Crippen molar-refractivity contribution in [3.8, 4) is 0 Å². The normalized spacial score (nSPS) is 19.9. The van der Waals surface area contributed by atoms with Crippen LogP contribution in [-0.4, -0.2) is 48.9 Å². The molecule has 0 saturated carbocycles. The van der Waals surface area contributed by atoms with Crippen molar-refractivity contribution in [3.63, 3.8) is 0 Å². The van der Waals surface area contributed by atoms with Gasteiger partial charge in [-0.05, 0) is 37.9 Å². The molecule has 1 amide bonds. The number of amides is 1. The molecule has 1 heterocycles. The van der Waals surface area contributed by atoms with Crippen molar-refractivity contribution in [1.82, 2.24) is 9.80 Å². The van der Waals surface area contributed by atoms with Gasteiger partial charge in [0, 0.05) is 13.6 Å². The van der Waals surface area contributed by atoms with Gasteiger partial charge in [-0.25, -0.2) is 0 Å². The molecule has 2 unspecified atom stereocenters. The molecule has 2 rings (SSSR count). The van der Waals surface area contributed by atoms with Crippen LogP contribution in [0.1, 0.15) is 24.9 Å². The molecule has 0 radical (unpaired) electrons. The second kappa shape index (κ2) is 8.37. The number of nitrogens with two attached hydrogens (primary N) is 1. The minimum absolute atomic E-state index is 0. The van der Waals surface area contributed by atoms with Crippen LogP contribution in [0, 0.1) is 5.92 Å². The van der Waals surface area contributed by atoms with Gasteiger partial charge in [0.1, 0.15) is 0 Å². The van der Waals surface area contributed by atoms with Crippen molar-refractivity contribution >= 4 is 18.3 Å². The van der Waals surface area contributed by atoms with Crippen LogP contribution in [0.25, 0.3) is 0 Å². The molecule has 2 atom stereocenters. The van der Waals surface area contributed by atoms with E-state index in [1.54, 1.807) is 0 Å². The molecule has 1 aliphatic rings. The summed E-state index contributed by atoms with van der Waals surface area (Å²) in [7, 11) is 1.89. The Morgan fingerprint density at radius 1 is 1.43 bits per heavy atom. The highest BCUT2D eigenvalue weighted by Gasteiger charge is 2.25. The second-order valence-corrected chi connectivity index (χ2v) is 5.72. The van der Waals surface area contributed by atoms with Gasteiger partial charge < -0.3 is 10.6 Å². The molecule has 0 aromatic heterocycles. The average Bonchev–Trinajstić information content (AvgIpc) is 2.94. The van der Waals surface area contributed by atoms with Gasteiger partial charge in [-0.2, -0.15) is 0 Å². The highest BCUT2D eigenvalue weighted by molar-refractivity contribution is 5.85. The Bertz CT molecular complexity index is 440. The maximum Gasteiger partial charge on any atom is 0.236 e. The van der Waals surface area contributed by atoms with Crippen LogP contribution in [0.2, 0.25) is 0 Å². The molecule has 1 aromatic rings.